The molecule has 0 unspecified atom stereocenters. The molecule has 2 aromatic carbocycles. The minimum Gasteiger partial charge on any atom is -0.465 e. The van der Waals surface area contributed by atoms with Gasteiger partial charge in [-0.25, -0.2) is 4.79 Å². The quantitative estimate of drug-likeness (QED) is 0.832. The smallest absolute Gasteiger partial charge is 0.337 e. The maximum atomic E-state index is 12.7. The molecule has 0 aliphatic carbocycles. The molecule has 0 bridgehead atoms. The number of benzene rings is 2. The van der Waals surface area contributed by atoms with Crippen molar-refractivity contribution in [1.82, 2.24) is 0 Å². The molecular formula is C20H21NO5. The van der Waals surface area contributed by atoms with Crippen LogP contribution < -0.4 is 5.32 Å². The van der Waals surface area contributed by atoms with Crippen molar-refractivity contribution in [2.24, 2.45) is 0 Å². The van der Waals surface area contributed by atoms with Crippen LogP contribution in [0.4, 0.5) is 5.69 Å². The number of esters is 2. The summed E-state index contributed by atoms with van der Waals surface area (Å²) in [7, 11) is 1.29. The van der Waals surface area contributed by atoms with E-state index in [4.69, 9.17) is 4.74 Å². The fraction of sp³-hybridized carbons (Fsp3) is 0.250. The van der Waals surface area contributed by atoms with E-state index >= 15 is 0 Å². The van der Waals surface area contributed by atoms with Crippen LogP contribution in [-0.2, 0) is 19.1 Å². The Morgan fingerprint density at radius 3 is 2.23 bits per heavy atom. The highest BCUT2D eigenvalue weighted by molar-refractivity contribution is 5.97. The summed E-state index contributed by atoms with van der Waals surface area (Å²) in [5, 5.41) is 2.80. The predicted octanol–water partition coefficient (Wildman–Crippen LogP) is 3.33. The fourth-order valence-electron chi connectivity index (χ4n) is 2.44. The summed E-state index contributed by atoms with van der Waals surface area (Å²) < 4.78 is 9.85. The molecule has 2 rings (SSSR count). The fourth-order valence-corrected chi connectivity index (χ4v) is 2.44. The third-order valence-electron chi connectivity index (χ3n) is 4.02. The summed E-state index contributed by atoms with van der Waals surface area (Å²) in [6.07, 6.45) is -1.13. The van der Waals surface area contributed by atoms with Gasteiger partial charge in [-0.3, -0.25) is 9.59 Å². The lowest BCUT2D eigenvalue weighted by atomic mass is 10.0. The molecule has 0 saturated carbocycles. The lowest BCUT2D eigenvalue weighted by Crippen LogP contribution is -2.25. The maximum absolute atomic E-state index is 12.7. The molecule has 0 heterocycles. The van der Waals surface area contributed by atoms with Crippen LogP contribution in [0.1, 0.15) is 40.1 Å². The van der Waals surface area contributed by atoms with E-state index < -0.39 is 23.9 Å². The van der Waals surface area contributed by atoms with Crippen molar-refractivity contribution in [3.05, 3.63) is 64.7 Å². The summed E-state index contributed by atoms with van der Waals surface area (Å²) in [6.45, 7) is 5.08. The Labute approximate surface area is 152 Å². The molecular weight excluding hydrogens is 334 g/mol. The average molecular weight is 355 g/mol. The molecule has 2 aromatic rings. The first-order valence-corrected chi connectivity index (χ1v) is 8.06. The van der Waals surface area contributed by atoms with Crippen LogP contribution in [0, 0.1) is 13.8 Å². The van der Waals surface area contributed by atoms with Crippen molar-refractivity contribution in [3.8, 4) is 0 Å². The van der Waals surface area contributed by atoms with Gasteiger partial charge in [0.15, 0.2) is 0 Å². The van der Waals surface area contributed by atoms with Gasteiger partial charge in [0.25, 0.3) is 5.91 Å². The Kier molecular flexibility index (Phi) is 6.11. The lowest BCUT2D eigenvalue weighted by Gasteiger charge is -2.18. The van der Waals surface area contributed by atoms with Gasteiger partial charge in [-0.15, -0.1) is 0 Å². The molecule has 6 heteroatoms. The average Bonchev–Trinajstić information content (AvgIpc) is 2.62. The molecule has 136 valence electrons. The molecule has 6 nitrogen and oxygen atoms in total. The van der Waals surface area contributed by atoms with Gasteiger partial charge in [0.1, 0.15) is 0 Å². The van der Waals surface area contributed by atoms with Gasteiger partial charge in [-0.2, -0.15) is 0 Å². The van der Waals surface area contributed by atoms with Gasteiger partial charge in [0.2, 0.25) is 6.10 Å². The monoisotopic (exact) mass is 355 g/mol. The van der Waals surface area contributed by atoms with E-state index in [0.717, 1.165) is 11.1 Å². The molecule has 0 aromatic heterocycles. The highest BCUT2D eigenvalue weighted by Gasteiger charge is 2.25. The van der Waals surface area contributed by atoms with E-state index in [1.165, 1.54) is 26.2 Å². The second-order valence-electron chi connectivity index (χ2n) is 5.84. The molecule has 0 fully saturated rings. The second-order valence-corrected chi connectivity index (χ2v) is 5.84. The van der Waals surface area contributed by atoms with Crippen LogP contribution in [0.2, 0.25) is 0 Å². The normalized spacial score (nSPS) is 11.4. The predicted molar refractivity (Wildman–Crippen MR) is 96.8 cm³/mol. The van der Waals surface area contributed by atoms with Gasteiger partial charge in [-0.1, -0.05) is 24.3 Å². The van der Waals surface area contributed by atoms with Crippen molar-refractivity contribution >= 4 is 23.5 Å². The van der Waals surface area contributed by atoms with Crippen molar-refractivity contribution in [1.29, 1.82) is 0 Å². The lowest BCUT2D eigenvalue weighted by molar-refractivity contribution is -0.152. The Hall–Kier alpha value is -3.15. The number of amides is 1. The molecule has 0 radical (unpaired) electrons. The first kappa shape index (κ1) is 19.2. The number of nitrogens with one attached hydrogen (secondary N) is 1. The SMILES string of the molecule is COC(=O)c1ccc([C@@H](OC(C)=O)C(=O)Nc2cccc(C)c2C)cc1. The van der Waals surface area contributed by atoms with Gasteiger partial charge >= 0.3 is 11.9 Å². The highest BCUT2D eigenvalue weighted by Crippen LogP contribution is 2.24. The van der Waals surface area contributed by atoms with E-state index in [2.05, 4.69) is 10.1 Å². The number of carbonyl (C=O) groups excluding carboxylic acids is 3. The Morgan fingerprint density at radius 2 is 1.65 bits per heavy atom. The van der Waals surface area contributed by atoms with Crippen LogP contribution in [0.25, 0.3) is 0 Å². The first-order valence-electron chi connectivity index (χ1n) is 8.06. The molecule has 26 heavy (non-hydrogen) atoms. The summed E-state index contributed by atoms with van der Waals surface area (Å²) in [4.78, 5) is 35.7. The molecule has 0 aliphatic heterocycles. The number of carbonyl (C=O) groups is 3. The summed E-state index contributed by atoms with van der Waals surface area (Å²) in [5.74, 6) is -1.54. The van der Waals surface area contributed by atoms with E-state index in [0.29, 0.717) is 16.8 Å². The molecule has 0 spiro atoms. The number of aryl methyl sites for hydroxylation is 1. The van der Waals surface area contributed by atoms with E-state index in [1.54, 1.807) is 18.2 Å². The zero-order chi connectivity index (χ0) is 19.3. The number of hydrogen-bond donors (Lipinski definition) is 1. The summed E-state index contributed by atoms with van der Waals surface area (Å²) in [6, 6.07) is 11.7. The van der Waals surface area contributed by atoms with Gasteiger partial charge < -0.3 is 14.8 Å². The first-order chi connectivity index (χ1) is 12.3. The molecule has 0 saturated heterocycles. The van der Waals surface area contributed by atoms with Gasteiger partial charge in [-0.05, 0) is 43.2 Å². The van der Waals surface area contributed by atoms with Crippen molar-refractivity contribution in [3.63, 3.8) is 0 Å². The zero-order valence-electron chi connectivity index (χ0n) is 15.2. The van der Waals surface area contributed by atoms with Gasteiger partial charge in [0.05, 0.1) is 12.7 Å². The maximum Gasteiger partial charge on any atom is 0.337 e. The van der Waals surface area contributed by atoms with Crippen LogP contribution in [0.5, 0.6) is 0 Å². The van der Waals surface area contributed by atoms with E-state index in [1.807, 2.05) is 26.0 Å². The minimum absolute atomic E-state index is 0.341. The highest BCUT2D eigenvalue weighted by atomic mass is 16.5. The summed E-state index contributed by atoms with van der Waals surface area (Å²) >= 11 is 0. The Morgan fingerprint density at radius 1 is 1.00 bits per heavy atom. The zero-order valence-corrected chi connectivity index (χ0v) is 15.2. The van der Waals surface area contributed by atoms with E-state index in [-0.39, 0.29) is 0 Å². The van der Waals surface area contributed by atoms with Crippen LogP contribution in [-0.4, -0.2) is 25.0 Å². The van der Waals surface area contributed by atoms with E-state index in [9.17, 15) is 14.4 Å². The summed E-state index contributed by atoms with van der Waals surface area (Å²) in [5.41, 5.74) is 3.42. The standard InChI is InChI=1S/C20H21NO5/c1-12-6-5-7-17(13(12)2)21-19(23)18(26-14(3)22)15-8-10-16(11-9-15)20(24)25-4/h5-11,18H,1-4H3,(H,21,23)/t18-/m1/s1. The molecule has 1 atom stereocenters. The number of ether oxygens (including phenoxy) is 2. The van der Waals surface area contributed by atoms with Crippen LogP contribution >= 0.6 is 0 Å². The topological polar surface area (TPSA) is 81.7 Å². The third kappa shape index (κ3) is 4.47. The van der Waals surface area contributed by atoms with Crippen LogP contribution in [0.3, 0.4) is 0 Å². The minimum atomic E-state index is -1.13. The molecule has 1 N–H and O–H groups in total. The van der Waals surface area contributed by atoms with Crippen molar-refractivity contribution < 1.29 is 23.9 Å². The Bertz CT molecular complexity index is 827. The molecule has 1 amide bonds. The number of anilines is 1. The number of rotatable bonds is 5. The third-order valence-corrected chi connectivity index (χ3v) is 4.02. The Balaban J connectivity index is 2.28. The second kappa shape index (κ2) is 8.29. The largest absolute Gasteiger partial charge is 0.465 e. The number of methoxy groups -OCH3 is 1. The van der Waals surface area contributed by atoms with Crippen molar-refractivity contribution in [2.75, 3.05) is 12.4 Å². The van der Waals surface area contributed by atoms with Gasteiger partial charge in [0, 0.05) is 18.2 Å². The molecule has 0 aliphatic rings. The van der Waals surface area contributed by atoms with Crippen molar-refractivity contribution in [2.45, 2.75) is 26.9 Å². The van der Waals surface area contributed by atoms with Crippen LogP contribution in [0.15, 0.2) is 42.5 Å². The number of hydrogen-bond acceptors (Lipinski definition) is 5.